The molecule has 1 unspecified atom stereocenters. The second-order valence-electron chi connectivity index (χ2n) is 4.50. The van der Waals surface area contributed by atoms with E-state index >= 15 is 0 Å². The number of thiophene rings is 1. The van der Waals surface area contributed by atoms with Crippen LogP contribution < -0.4 is 5.73 Å². The van der Waals surface area contributed by atoms with E-state index in [1.165, 1.54) is 11.3 Å². The predicted octanol–water partition coefficient (Wildman–Crippen LogP) is 1.89. The van der Waals surface area contributed by atoms with Crippen LogP contribution in [0.4, 0.5) is 0 Å². The lowest BCUT2D eigenvalue weighted by Gasteiger charge is -2.30. The van der Waals surface area contributed by atoms with Crippen LogP contribution in [0.5, 0.6) is 0 Å². The Balaban J connectivity index is 1.95. The summed E-state index contributed by atoms with van der Waals surface area (Å²) in [4.78, 5) is 26.0. The monoisotopic (exact) mass is 330 g/mol. The Morgan fingerprint density at radius 2 is 2.33 bits per heavy atom. The number of likely N-dealkylation sites (tertiary alicyclic amines) is 1. The van der Waals surface area contributed by atoms with Gasteiger partial charge in [-0.25, -0.2) is 0 Å². The van der Waals surface area contributed by atoms with Gasteiger partial charge in [0, 0.05) is 11.0 Å². The van der Waals surface area contributed by atoms with Crippen molar-refractivity contribution in [2.45, 2.75) is 12.8 Å². The molecule has 18 heavy (non-hydrogen) atoms. The van der Waals surface area contributed by atoms with Gasteiger partial charge in [-0.15, -0.1) is 11.3 Å². The number of amides is 1. The Morgan fingerprint density at radius 3 is 2.94 bits per heavy atom. The molecule has 0 radical (unpaired) electrons. The third-order valence-corrected chi connectivity index (χ3v) is 5.02. The van der Waals surface area contributed by atoms with Crippen molar-refractivity contribution in [1.82, 2.24) is 4.90 Å². The summed E-state index contributed by atoms with van der Waals surface area (Å²) in [6.07, 6.45) is 1.76. The van der Waals surface area contributed by atoms with Crippen LogP contribution in [0.25, 0.3) is 0 Å². The molecule has 4 nitrogen and oxygen atoms in total. The molecule has 1 fully saturated rings. The Morgan fingerprint density at radius 1 is 1.56 bits per heavy atom. The molecule has 0 saturated carbocycles. The number of carbonyl (C=O) groups is 2. The van der Waals surface area contributed by atoms with E-state index in [0.29, 0.717) is 13.1 Å². The van der Waals surface area contributed by atoms with Gasteiger partial charge in [-0.05, 0) is 46.8 Å². The number of halogens is 1. The Labute approximate surface area is 118 Å². The summed E-state index contributed by atoms with van der Waals surface area (Å²) in [7, 11) is 0. The number of rotatable bonds is 4. The Hall–Kier alpha value is -0.720. The molecule has 1 saturated heterocycles. The van der Waals surface area contributed by atoms with Crippen molar-refractivity contribution in [3.8, 4) is 0 Å². The zero-order valence-electron chi connectivity index (χ0n) is 9.89. The summed E-state index contributed by atoms with van der Waals surface area (Å²) < 4.78 is 0.848. The van der Waals surface area contributed by atoms with Gasteiger partial charge in [0.2, 0.25) is 5.91 Å². The summed E-state index contributed by atoms with van der Waals surface area (Å²) in [6.45, 7) is 1.82. The molecular formula is C12H15BrN2O2S. The van der Waals surface area contributed by atoms with Crippen LogP contribution in [0.15, 0.2) is 15.9 Å². The van der Waals surface area contributed by atoms with Gasteiger partial charge in [0.05, 0.1) is 17.3 Å². The van der Waals surface area contributed by atoms with Gasteiger partial charge in [0.1, 0.15) is 0 Å². The summed E-state index contributed by atoms with van der Waals surface area (Å²) in [5.41, 5.74) is 5.32. The maximum absolute atomic E-state index is 12.1. The summed E-state index contributed by atoms with van der Waals surface area (Å²) >= 11 is 4.80. The van der Waals surface area contributed by atoms with E-state index < -0.39 is 0 Å². The SMILES string of the molecule is NC(=O)C1CCCN(CC(=O)c2sccc2Br)C1. The van der Waals surface area contributed by atoms with Crippen LogP contribution >= 0.6 is 27.3 Å². The van der Waals surface area contributed by atoms with Crippen LogP contribution in [0, 0.1) is 5.92 Å². The molecule has 0 spiro atoms. The molecule has 0 bridgehead atoms. The van der Waals surface area contributed by atoms with Gasteiger partial charge in [-0.2, -0.15) is 0 Å². The predicted molar refractivity (Wildman–Crippen MR) is 74.7 cm³/mol. The van der Waals surface area contributed by atoms with Gasteiger partial charge in [-0.3, -0.25) is 14.5 Å². The van der Waals surface area contributed by atoms with Crippen molar-refractivity contribution in [2.24, 2.45) is 11.7 Å². The fraction of sp³-hybridized carbons (Fsp3) is 0.500. The van der Waals surface area contributed by atoms with E-state index in [9.17, 15) is 9.59 Å². The molecule has 2 heterocycles. The minimum absolute atomic E-state index is 0.0991. The number of nitrogens with two attached hydrogens (primary N) is 1. The average molecular weight is 331 g/mol. The lowest BCUT2D eigenvalue weighted by molar-refractivity contribution is -0.123. The van der Waals surface area contributed by atoms with Gasteiger partial charge >= 0.3 is 0 Å². The van der Waals surface area contributed by atoms with Crippen LogP contribution in [-0.2, 0) is 4.79 Å². The van der Waals surface area contributed by atoms with Crippen molar-refractivity contribution in [1.29, 1.82) is 0 Å². The van der Waals surface area contributed by atoms with Crippen molar-refractivity contribution in [2.75, 3.05) is 19.6 Å². The highest BCUT2D eigenvalue weighted by atomic mass is 79.9. The van der Waals surface area contributed by atoms with Crippen molar-refractivity contribution in [3.05, 3.63) is 20.8 Å². The standard InChI is InChI=1S/C12H15BrN2O2S/c13-9-3-5-18-11(9)10(16)7-15-4-1-2-8(6-15)12(14)17/h3,5,8H,1-2,4,6-7H2,(H2,14,17). The van der Waals surface area contributed by atoms with Gasteiger partial charge in [-0.1, -0.05) is 0 Å². The fourth-order valence-corrected chi connectivity index (χ4v) is 3.72. The lowest BCUT2D eigenvalue weighted by atomic mass is 9.97. The first-order chi connectivity index (χ1) is 8.58. The largest absolute Gasteiger partial charge is 0.369 e. The van der Waals surface area contributed by atoms with Crippen molar-refractivity contribution in [3.63, 3.8) is 0 Å². The van der Waals surface area contributed by atoms with Gasteiger partial charge in [0.25, 0.3) is 0 Å². The topological polar surface area (TPSA) is 63.4 Å². The van der Waals surface area contributed by atoms with Crippen molar-refractivity contribution < 1.29 is 9.59 Å². The van der Waals surface area contributed by atoms with Crippen molar-refractivity contribution >= 4 is 39.0 Å². The summed E-state index contributed by atoms with van der Waals surface area (Å²) in [6, 6.07) is 1.88. The molecule has 1 atom stereocenters. The highest BCUT2D eigenvalue weighted by molar-refractivity contribution is 9.10. The number of primary amides is 1. The highest BCUT2D eigenvalue weighted by Gasteiger charge is 2.25. The number of nitrogens with zero attached hydrogens (tertiary/aromatic N) is 1. The average Bonchev–Trinajstić information content (AvgIpc) is 2.76. The van der Waals surface area contributed by atoms with Crippen LogP contribution in [0.1, 0.15) is 22.5 Å². The fourth-order valence-electron chi connectivity index (χ4n) is 2.20. The van der Waals surface area contributed by atoms with E-state index in [4.69, 9.17) is 5.73 Å². The van der Waals surface area contributed by atoms with E-state index in [1.807, 2.05) is 16.3 Å². The third kappa shape index (κ3) is 3.18. The molecule has 2 N–H and O–H groups in total. The maximum atomic E-state index is 12.1. The van der Waals surface area contributed by atoms with E-state index in [0.717, 1.165) is 28.7 Å². The van der Waals surface area contributed by atoms with E-state index in [-0.39, 0.29) is 17.6 Å². The summed E-state index contributed by atoms with van der Waals surface area (Å²) in [5.74, 6) is -0.273. The zero-order valence-corrected chi connectivity index (χ0v) is 12.3. The molecule has 1 aromatic heterocycles. The first-order valence-corrected chi connectivity index (χ1v) is 7.53. The molecule has 6 heteroatoms. The molecule has 0 aliphatic carbocycles. The van der Waals surface area contributed by atoms with Crippen LogP contribution in [-0.4, -0.2) is 36.2 Å². The third-order valence-electron chi connectivity index (χ3n) is 3.15. The number of hydrogen-bond donors (Lipinski definition) is 1. The number of hydrogen-bond acceptors (Lipinski definition) is 4. The molecule has 1 aromatic rings. The highest BCUT2D eigenvalue weighted by Crippen LogP contribution is 2.24. The van der Waals surface area contributed by atoms with Gasteiger partial charge in [0.15, 0.2) is 5.78 Å². The number of carbonyl (C=O) groups excluding carboxylic acids is 2. The number of piperidine rings is 1. The minimum atomic E-state index is -0.260. The first kappa shape index (κ1) is 13.7. The number of ketones is 1. The van der Waals surface area contributed by atoms with E-state index in [2.05, 4.69) is 15.9 Å². The molecule has 1 aliphatic rings. The van der Waals surface area contributed by atoms with Gasteiger partial charge < -0.3 is 5.73 Å². The number of Topliss-reactive ketones (excluding diaryl/α,β-unsaturated/α-hetero) is 1. The zero-order chi connectivity index (χ0) is 13.1. The van der Waals surface area contributed by atoms with Crippen LogP contribution in [0.3, 0.4) is 0 Å². The molecule has 1 amide bonds. The molecule has 98 valence electrons. The Kier molecular flexibility index (Phi) is 4.53. The maximum Gasteiger partial charge on any atom is 0.221 e. The lowest BCUT2D eigenvalue weighted by Crippen LogP contribution is -2.43. The van der Waals surface area contributed by atoms with Crippen LogP contribution in [0.2, 0.25) is 0 Å². The second-order valence-corrected chi connectivity index (χ2v) is 6.27. The first-order valence-electron chi connectivity index (χ1n) is 5.86. The Bertz CT molecular complexity index is 461. The minimum Gasteiger partial charge on any atom is -0.369 e. The quantitative estimate of drug-likeness (QED) is 0.857. The van der Waals surface area contributed by atoms with E-state index in [1.54, 1.807) is 0 Å². The normalized spacial score (nSPS) is 20.8. The molecular weight excluding hydrogens is 316 g/mol. The summed E-state index contributed by atoms with van der Waals surface area (Å²) in [5, 5.41) is 1.89. The molecule has 1 aliphatic heterocycles. The second kappa shape index (κ2) is 5.95. The molecule has 2 rings (SSSR count). The smallest absolute Gasteiger partial charge is 0.221 e. The molecule has 0 aromatic carbocycles.